The second kappa shape index (κ2) is 18.8. The van der Waals surface area contributed by atoms with Gasteiger partial charge in [-0.2, -0.15) is 0 Å². The number of aliphatic carboxylic acids is 1. The van der Waals surface area contributed by atoms with E-state index in [9.17, 15) is 29.4 Å². The van der Waals surface area contributed by atoms with Gasteiger partial charge < -0.3 is 25.7 Å². The molecule has 0 unspecified atom stereocenters. The largest absolute Gasteiger partial charge is 0.481 e. The Bertz CT molecular complexity index is 1450. The van der Waals surface area contributed by atoms with Gasteiger partial charge in [0.2, 0.25) is 11.8 Å². The van der Waals surface area contributed by atoms with Crippen molar-refractivity contribution in [2.45, 2.75) is 123 Å². The molecule has 1 aliphatic rings. The summed E-state index contributed by atoms with van der Waals surface area (Å²) in [6, 6.07) is 5.61. The minimum Gasteiger partial charge on any atom is -0.481 e. The molecule has 3 amide bonds. The SMILES string of the molecule is CCCN(C(=O)[C@@H](NC(=O)[C@H]([C@@H](C)CC)N(C)C)[C@@H](C)CC)[C@H](C[C@@H](O)c1nc(C(=O)N[C@H]2Cc3ccccc3[C@H](C(=O)O)C2)cs1)C(C)C. The number of hydrogen-bond acceptors (Lipinski definition) is 8. The van der Waals surface area contributed by atoms with Gasteiger partial charge in [-0.3, -0.25) is 24.1 Å². The summed E-state index contributed by atoms with van der Waals surface area (Å²) in [5, 5.41) is 29.3. The topological polar surface area (TPSA) is 152 Å². The van der Waals surface area contributed by atoms with Gasteiger partial charge in [0, 0.05) is 30.4 Å². The number of aliphatic hydroxyl groups is 1. The molecule has 0 radical (unpaired) electrons. The molecule has 1 heterocycles. The molecule has 0 bridgehead atoms. The second-order valence-electron chi connectivity index (χ2n) is 14.5. The van der Waals surface area contributed by atoms with Crippen molar-refractivity contribution in [3.05, 3.63) is 51.5 Å². The summed E-state index contributed by atoms with van der Waals surface area (Å²) in [5.41, 5.74) is 1.84. The number of likely N-dealkylation sites (N-methyl/N-ethyl adjacent to an activating group) is 1. The third-order valence-corrected chi connectivity index (χ3v) is 11.2. The standard InChI is InChI=1S/C38H59N5O6S/c1-10-17-43(37(47)32(23(6)11-2)41-35(46)33(42(8)9)24(7)12-3)30(22(4)5)20-31(44)36-40-29(21-50-36)34(45)39-26-18-25-15-13-14-16-27(25)28(19-26)38(48)49/h13-16,21-24,26,28,30-33,44H,10-12,17-20H2,1-9H3,(H,39,45)(H,41,46)(H,48,49)/t23-,24-,26-,28+,30+,31+,32-,33-/m0/s1. The molecule has 2 aromatic rings. The molecule has 11 nitrogen and oxygen atoms in total. The van der Waals surface area contributed by atoms with E-state index in [0.29, 0.717) is 30.8 Å². The summed E-state index contributed by atoms with van der Waals surface area (Å²) in [7, 11) is 3.76. The number of nitrogens with zero attached hydrogens (tertiary/aromatic N) is 3. The molecular weight excluding hydrogens is 655 g/mol. The molecule has 1 aromatic carbocycles. The average Bonchev–Trinajstić information content (AvgIpc) is 3.58. The summed E-state index contributed by atoms with van der Waals surface area (Å²) >= 11 is 1.18. The minimum atomic E-state index is -1.03. The molecule has 278 valence electrons. The number of nitrogens with one attached hydrogen (secondary N) is 2. The highest BCUT2D eigenvalue weighted by Crippen LogP contribution is 2.33. The van der Waals surface area contributed by atoms with Crippen LogP contribution < -0.4 is 10.6 Å². The first-order valence-corrected chi connectivity index (χ1v) is 19.0. The highest BCUT2D eigenvalue weighted by Gasteiger charge is 2.38. The summed E-state index contributed by atoms with van der Waals surface area (Å²) in [6.07, 6.45) is 2.22. The molecule has 1 aromatic heterocycles. The van der Waals surface area contributed by atoms with Crippen molar-refractivity contribution in [3.63, 3.8) is 0 Å². The molecule has 0 saturated heterocycles. The number of thiazole rings is 1. The third-order valence-electron chi connectivity index (χ3n) is 10.3. The molecule has 0 fully saturated rings. The fraction of sp³-hybridized carbons (Fsp3) is 0.658. The number of carboxylic acids is 1. The first kappa shape index (κ1) is 41.1. The quantitative estimate of drug-likeness (QED) is 0.164. The van der Waals surface area contributed by atoms with Crippen LogP contribution in [0.1, 0.15) is 119 Å². The van der Waals surface area contributed by atoms with Gasteiger partial charge in [-0.1, -0.05) is 85.6 Å². The van der Waals surface area contributed by atoms with Crippen LogP contribution in [0.2, 0.25) is 0 Å². The van der Waals surface area contributed by atoms with E-state index in [2.05, 4.69) is 22.5 Å². The van der Waals surface area contributed by atoms with E-state index in [4.69, 9.17) is 0 Å². The molecule has 1 aliphatic carbocycles. The lowest BCUT2D eigenvalue weighted by atomic mass is 9.80. The lowest BCUT2D eigenvalue weighted by molar-refractivity contribution is -0.143. The van der Waals surface area contributed by atoms with E-state index in [1.165, 1.54) is 11.3 Å². The number of aromatic nitrogens is 1. The Morgan fingerprint density at radius 3 is 2.26 bits per heavy atom. The van der Waals surface area contributed by atoms with Gasteiger partial charge >= 0.3 is 5.97 Å². The molecule has 0 saturated carbocycles. The zero-order valence-electron chi connectivity index (χ0n) is 31.3. The van der Waals surface area contributed by atoms with Gasteiger partial charge in [-0.25, -0.2) is 4.98 Å². The van der Waals surface area contributed by atoms with Crippen molar-refractivity contribution in [2.24, 2.45) is 17.8 Å². The monoisotopic (exact) mass is 713 g/mol. The lowest BCUT2D eigenvalue weighted by Gasteiger charge is -2.39. The van der Waals surface area contributed by atoms with Gasteiger partial charge in [0.15, 0.2) is 0 Å². The summed E-state index contributed by atoms with van der Waals surface area (Å²) < 4.78 is 0. The predicted molar refractivity (Wildman–Crippen MR) is 197 cm³/mol. The van der Waals surface area contributed by atoms with E-state index < -0.39 is 29.9 Å². The Morgan fingerprint density at radius 1 is 1.02 bits per heavy atom. The highest BCUT2D eigenvalue weighted by atomic mass is 32.1. The van der Waals surface area contributed by atoms with Crippen LogP contribution in [0.5, 0.6) is 0 Å². The molecule has 12 heteroatoms. The smallest absolute Gasteiger partial charge is 0.311 e. The minimum absolute atomic E-state index is 0.0119. The third kappa shape index (κ3) is 10.1. The van der Waals surface area contributed by atoms with Gasteiger partial charge in [0.05, 0.1) is 12.0 Å². The van der Waals surface area contributed by atoms with Crippen molar-refractivity contribution < 1.29 is 29.4 Å². The van der Waals surface area contributed by atoms with E-state index in [1.807, 2.05) is 89.7 Å². The number of aliphatic hydroxyl groups excluding tert-OH is 1. The van der Waals surface area contributed by atoms with Crippen LogP contribution in [0, 0.1) is 17.8 Å². The second-order valence-corrected chi connectivity index (χ2v) is 15.4. The Kier molecular flexibility index (Phi) is 15.4. The van der Waals surface area contributed by atoms with Crippen molar-refractivity contribution in [3.8, 4) is 0 Å². The Hall–Kier alpha value is -3.35. The van der Waals surface area contributed by atoms with Crippen LogP contribution in [-0.2, 0) is 20.8 Å². The van der Waals surface area contributed by atoms with Crippen LogP contribution >= 0.6 is 11.3 Å². The number of carbonyl (C=O) groups is 4. The fourth-order valence-corrected chi connectivity index (χ4v) is 7.86. The maximum Gasteiger partial charge on any atom is 0.311 e. The van der Waals surface area contributed by atoms with Crippen molar-refractivity contribution in [1.29, 1.82) is 0 Å². The number of carbonyl (C=O) groups excluding carboxylic acids is 3. The van der Waals surface area contributed by atoms with Gasteiger partial charge in [-0.15, -0.1) is 11.3 Å². The zero-order chi connectivity index (χ0) is 37.3. The average molecular weight is 714 g/mol. The number of amides is 3. The number of fused-ring (bicyclic) bond motifs is 1. The number of benzene rings is 1. The van der Waals surface area contributed by atoms with Crippen molar-refractivity contribution in [2.75, 3.05) is 20.6 Å². The molecular formula is C38H59N5O6S. The van der Waals surface area contributed by atoms with Crippen molar-refractivity contribution >= 4 is 35.0 Å². The van der Waals surface area contributed by atoms with Crippen LogP contribution in [-0.4, -0.2) is 93.5 Å². The lowest BCUT2D eigenvalue weighted by Crippen LogP contribution is -2.59. The van der Waals surface area contributed by atoms with Crippen LogP contribution in [0.15, 0.2) is 29.6 Å². The first-order valence-electron chi connectivity index (χ1n) is 18.2. The molecule has 50 heavy (non-hydrogen) atoms. The fourth-order valence-electron chi connectivity index (χ4n) is 7.06. The Labute approximate surface area is 302 Å². The van der Waals surface area contributed by atoms with Crippen LogP contribution in [0.25, 0.3) is 0 Å². The van der Waals surface area contributed by atoms with Crippen LogP contribution in [0.4, 0.5) is 0 Å². The Balaban J connectivity index is 1.78. The summed E-state index contributed by atoms with van der Waals surface area (Å²) in [6.45, 7) is 14.6. The van der Waals surface area contributed by atoms with E-state index in [1.54, 1.807) is 5.38 Å². The normalized spacial score (nSPS) is 19.5. The molecule has 0 spiro atoms. The van der Waals surface area contributed by atoms with E-state index in [-0.39, 0.29) is 66.2 Å². The van der Waals surface area contributed by atoms with E-state index in [0.717, 1.165) is 17.5 Å². The first-order chi connectivity index (χ1) is 23.6. The van der Waals surface area contributed by atoms with Gasteiger partial charge in [0.25, 0.3) is 5.91 Å². The molecule has 0 aliphatic heterocycles. The molecule has 3 rings (SSSR count). The zero-order valence-corrected chi connectivity index (χ0v) is 32.1. The van der Waals surface area contributed by atoms with Crippen LogP contribution in [0.3, 0.4) is 0 Å². The maximum atomic E-state index is 14.4. The summed E-state index contributed by atoms with van der Waals surface area (Å²) in [5.74, 6) is -2.38. The highest BCUT2D eigenvalue weighted by molar-refractivity contribution is 7.09. The predicted octanol–water partition coefficient (Wildman–Crippen LogP) is 5.25. The number of hydrogen-bond donors (Lipinski definition) is 4. The van der Waals surface area contributed by atoms with Crippen molar-refractivity contribution in [1.82, 2.24) is 25.4 Å². The molecule has 8 atom stereocenters. The number of rotatable bonds is 18. The van der Waals surface area contributed by atoms with Gasteiger partial charge in [0.1, 0.15) is 22.8 Å². The Morgan fingerprint density at radius 2 is 1.68 bits per heavy atom. The maximum absolute atomic E-state index is 14.4. The molecule has 4 N–H and O–H groups in total. The van der Waals surface area contributed by atoms with E-state index >= 15 is 0 Å². The summed E-state index contributed by atoms with van der Waals surface area (Å²) in [4.78, 5) is 61.5. The number of carboxylic acid groups (broad SMARTS) is 1. The van der Waals surface area contributed by atoms with Gasteiger partial charge in [-0.05, 0) is 62.2 Å².